The summed E-state index contributed by atoms with van der Waals surface area (Å²) in [5.74, 6) is -0.00466. The van der Waals surface area contributed by atoms with Gasteiger partial charge in [-0.05, 0) is 38.0 Å². The Morgan fingerprint density at radius 2 is 2.08 bits per heavy atom. The second-order valence-corrected chi connectivity index (χ2v) is 6.05. The summed E-state index contributed by atoms with van der Waals surface area (Å²) in [6, 6.07) is 2.70. The molecule has 1 aromatic heterocycles. The standard InChI is InChI=1S/C18H23F2N3O2/c1-4-6-16-21-17(25-22-16)7-5-8-18(24)23(3)12(2)14-11-13(19)9-10-15(14)20/h9-12H,4-8H2,1-3H3. The first-order valence-electron chi connectivity index (χ1n) is 8.44. The molecule has 5 nitrogen and oxygen atoms in total. The largest absolute Gasteiger partial charge is 0.339 e. The zero-order chi connectivity index (χ0) is 18.4. The number of hydrogen-bond donors (Lipinski definition) is 0. The van der Waals surface area contributed by atoms with Gasteiger partial charge >= 0.3 is 0 Å². The molecule has 0 fully saturated rings. The average Bonchev–Trinajstić information content (AvgIpc) is 3.03. The molecule has 0 saturated carbocycles. The summed E-state index contributed by atoms with van der Waals surface area (Å²) < 4.78 is 32.3. The number of nitrogens with zero attached hydrogens (tertiary/aromatic N) is 3. The molecule has 0 aliphatic carbocycles. The van der Waals surface area contributed by atoms with Crippen LogP contribution in [0.1, 0.15) is 56.4 Å². The molecule has 1 unspecified atom stereocenters. The number of carbonyl (C=O) groups excluding carboxylic acids is 1. The van der Waals surface area contributed by atoms with Crippen molar-refractivity contribution in [1.29, 1.82) is 0 Å². The summed E-state index contributed by atoms with van der Waals surface area (Å²) in [7, 11) is 1.59. The Morgan fingerprint density at radius 1 is 1.32 bits per heavy atom. The van der Waals surface area contributed by atoms with Crippen LogP contribution in [0.2, 0.25) is 0 Å². The van der Waals surface area contributed by atoms with Crippen molar-refractivity contribution in [3.63, 3.8) is 0 Å². The lowest BCUT2D eigenvalue weighted by atomic mass is 10.1. The molecule has 1 atom stereocenters. The molecule has 136 valence electrons. The number of carbonyl (C=O) groups is 1. The number of rotatable bonds is 8. The van der Waals surface area contributed by atoms with Crippen molar-refractivity contribution in [3.8, 4) is 0 Å². The zero-order valence-corrected chi connectivity index (χ0v) is 14.8. The number of aromatic nitrogens is 2. The highest BCUT2D eigenvalue weighted by Crippen LogP contribution is 2.23. The second kappa shape index (κ2) is 8.69. The van der Waals surface area contributed by atoms with Crippen LogP contribution in [0.3, 0.4) is 0 Å². The number of amides is 1. The van der Waals surface area contributed by atoms with Gasteiger partial charge in [0.2, 0.25) is 11.8 Å². The maximum absolute atomic E-state index is 13.9. The minimum Gasteiger partial charge on any atom is -0.339 e. The van der Waals surface area contributed by atoms with E-state index in [4.69, 9.17) is 4.52 Å². The molecule has 25 heavy (non-hydrogen) atoms. The molecule has 0 saturated heterocycles. The number of aryl methyl sites for hydroxylation is 2. The van der Waals surface area contributed by atoms with Gasteiger partial charge < -0.3 is 9.42 Å². The Morgan fingerprint density at radius 3 is 2.80 bits per heavy atom. The smallest absolute Gasteiger partial charge is 0.226 e. The Kier molecular flexibility index (Phi) is 6.61. The van der Waals surface area contributed by atoms with Gasteiger partial charge in [0.1, 0.15) is 11.6 Å². The summed E-state index contributed by atoms with van der Waals surface area (Å²) in [4.78, 5) is 18.0. The predicted octanol–water partition coefficient (Wildman–Crippen LogP) is 3.84. The summed E-state index contributed by atoms with van der Waals surface area (Å²) >= 11 is 0. The van der Waals surface area contributed by atoms with Crippen molar-refractivity contribution in [2.45, 2.75) is 52.0 Å². The molecule has 2 rings (SSSR count). The third-order valence-corrected chi connectivity index (χ3v) is 4.15. The van der Waals surface area contributed by atoms with Crippen LogP contribution in [-0.2, 0) is 17.6 Å². The van der Waals surface area contributed by atoms with Crippen molar-refractivity contribution in [2.24, 2.45) is 0 Å². The van der Waals surface area contributed by atoms with Crippen molar-refractivity contribution < 1.29 is 18.1 Å². The molecule has 0 aliphatic heterocycles. The van der Waals surface area contributed by atoms with Crippen LogP contribution < -0.4 is 0 Å². The van der Waals surface area contributed by atoms with E-state index in [1.54, 1.807) is 14.0 Å². The minimum atomic E-state index is -0.553. The normalized spacial score (nSPS) is 12.2. The van der Waals surface area contributed by atoms with E-state index in [1.165, 1.54) is 4.90 Å². The third kappa shape index (κ3) is 5.08. The maximum atomic E-state index is 13.9. The van der Waals surface area contributed by atoms with Crippen LogP contribution in [0.15, 0.2) is 22.7 Å². The Hall–Kier alpha value is -2.31. The Labute approximate surface area is 146 Å². The second-order valence-electron chi connectivity index (χ2n) is 6.05. The quantitative estimate of drug-likeness (QED) is 0.725. The van der Waals surface area contributed by atoms with Gasteiger partial charge in [-0.15, -0.1) is 0 Å². The number of halogens is 2. The van der Waals surface area contributed by atoms with E-state index in [-0.39, 0.29) is 17.9 Å². The van der Waals surface area contributed by atoms with Crippen LogP contribution >= 0.6 is 0 Å². The lowest BCUT2D eigenvalue weighted by Gasteiger charge is -2.25. The molecular formula is C18H23F2N3O2. The van der Waals surface area contributed by atoms with Crippen molar-refractivity contribution in [2.75, 3.05) is 7.05 Å². The fraction of sp³-hybridized carbons (Fsp3) is 0.500. The molecule has 2 aromatic rings. The molecular weight excluding hydrogens is 328 g/mol. The van der Waals surface area contributed by atoms with Gasteiger partial charge in [0.15, 0.2) is 5.82 Å². The topological polar surface area (TPSA) is 59.2 Å². The fourth-order valence-electron chi connectivity index (χ4n) is 2.54. The van der Waals surface area contributed by atoms with Gasteiger partial charge in [-0.25, -0.2) is 8.78 Å². The van der Waals surface area contributed by atoms with Crippen LogP contribution in [0.4, 0.5) is 8.78 Å². The highest BCUT2D eigenvalue weighted by molar-refractivity contribution is 5.76. The van der Waals surface area contributed by atoms with Gasteiger partial charge in [0.05, 0.1) is 6.04 Å². The SMILES string of the molecule is CCCc1noc(CCCC(=O)N(C)C(C)c2cc(F)ccc2F)n1. The van der Waals surface area contributed by atoms with Crippen LogP contribution in [-0.4, -0.2) is 28.0 Å². The molecule has 1 aromatic carbocycles. The van der Waals surface area contributed by atoms with Crippen LogP contribution in [0.25, 0.3) is 0 Å². The Bertz CT molecular complexity index is 718. The highest BCUT2D eigenvalue weighted by atomic mass is 19.1. The van der Waals surface area contributed by atoms with Gasteiger partial charge in [-0.3, -0.25) is 4.79 Å². The highest BCUT2D eigenvalue weighted by Gasteiger charge is 2.20. The van der Waals surface area contributed by atoms with E-state index in [0.29, 0.717) is 24.6 Å². The van der Waals surface area contributed by atoms with Gasteiger partial charge in [0, 0.05) is 31.9 Å². The average molecular weight is 351 g/mol. The van der Waals surface area contributed by atoms with Gasteiger partial charge in [-0.1, -0.05) is 12.1 Å². The summed E-state index contributed by atoms with van der Waals surface area (Å²) in [5, 5.41) is 3.87. The molecule has 0 aliphatic rings. The first-order valence-corrected chi connectivity index (χ1v) is 8.44. The molecule has 0 radical (unpaired) electrons. The molecule has 7 heteroatoms. The minimum absolute atomic E-state index is 0.149. The van der Waals surface area contributed by atoms with E-state index in [0.717, 1.165) is 31.0 Å². The van der Waals surface area contributed by atoms with E-state index in [2.05, 4.69) is 10.1 Å². The van der Waals surface area contributed by atoms with E-state index < -0.39 is 17.7 Å². The molecule has 1 amide bonds. The summed E-state index contributed by atoms with van der Waals surface area (Å²) in [6.07, 6.45) is 3.04. The number of hydrogen-bond acceptors (Lipinski definition) is 4. The summed E-state index contributed by atoms with van der Waals surface area (Å²) in [6.45, 7) is 3.71. The first kappa shape index (κ1) is 19.0. The van der Waals surface area contributed by atoms with E-state index >= 15 is 0 Å². The molecule has 0 N–H and O–H groups in total. The lowest BCUT2D eigenvalue weighted by Crippen LogP contribution is -2.30. The molecule has 0 bridgehead atoms. The van der Waals surface area contributed by atoms with Crippen LogP contribution in [0.5, 0.6) is 0 Å². The van der Waals surface area contributed by atoms with Crippen molar-refractivity contribution in [3.05, 3.63) is 47.1 Å². The zero-order valence-electron chi connectivity index (χ0n) is 14.8. The van der Waals surface area contributed by atoms with E-state index in [1.807, 2.05) is 6.92 Å². The predicted molar refractivity (Wildman–Crippen MR) is 88.8 cm³/mol. The lowest BCUT2D eigenvalue weighted by molar-refractivity contribution is -0.131. The molecule has 0 spiro atoms. The maximum Gasteiger partial charge on any atom is 0.226 e. The fourth-order valence-corrected chi connectivity index (χ4v) is 2.54. The van der Waals surface area contributed by atoms with Gasteiger partial charge in [-0.2, -0.15) is 4.98 Å². The van der Waals surface area contributed by atoms with Crippen LogP contribution in [0, 0.1) is 11.6 Å². The van der Waals surface area contributed by atoms with Crippen molar-refractivity contribution >= 4 is 5.91 Å². The van der Waals surface area contributed by atoms with Crippen molar-refractivity contribution in [1.82, 2.24) is 15.0 Å². The first-order chi connectivity index (χ1) is 11.9. The molecule has 1 heterocycles. The summed E-state index contributed by atoms with van der Waals surface area (Å²) in [5.41, 5.74) is 0.164. The number of benzene rings is 1. The monoisotopic (exact) mass is 351 g/mol. The third-order valence-electron chi connectivity index (χ3n) is 4.15. The Balaban J connectivity index is 1.87. The van der Waals surface area contributed by atoms with E-state index in [9.17, 15) is 13.6 Å². The van der Waals surface area contributed by atoms with Gasteiger partial charge in [0.25, 0.3) is 0 Å².